The third-order valence-corrected chi connectivity index (χ3v) is 4.00. The van der Waals surface area contributed by atoms with Gasteiger partial charge < -0.3 is 9.80 Å². The summed E-state index contributed by atoms with van der Waals surface area (Å²) in [5.74, 6) is 0.0601. The van der Waals surface area contributed by atoms with E-state index in [9.17, 15) is 9.59 Å². The number of carbonyl (C=O) groups is 2. The largest absolute Gasteiger partial charge is 0.342 e. The maximum absolute atomic E-state index is 12.3. The summed E-state index contributed by atoms with van der Waals surface area (Å²) in [6.45, 7) is 4.48. The lowest BCUT2D eigenvalue weighted by Gasteiger charge is -2.32. The molecule has 0 spiro atoms. The van der Waals surface area contributed by atoms with Gasteiger partial charge in [0.2, 0.25) is 6.41 Å². The van der Waals surface area contributed by atoms with Gasteiger partial charge in [0.05, 0.1) is 5.56 Å². The first kappa shape index (κ1) is 13.3. The van der Waals surface area contributed by atoms with Crippen LogP contribution in [0.2, 0.25) is 0 Å². The number of halogens is 1. The van der Waals surface area contributed by atoms with Crippen molar-refractivity contribution in [3.05, 3.63) is 32.9 Å². The van der Waals surface area contributed by atoms with Gasteiger partial charge in [-0.05, 0) is 41.6 Å². The number of hydrogen-bond acceptors (Lipinski definition) is 2. The number of rotatable bonds is 2. The molecule has 0 saturated carbocycles. The predicted molar refractivity (Wildman–Crippen MR) is 77.4 cm³/mol. The Morgan fingerprint density at radius 3 is 2.50 bits per heavy atom. The van der Waals surface area contributed by atoms with Crippen molar-refractivity contribution in [3.8, 4) is 0 Å². The van der Waals surface area contributed by atoms with Crippen LogP contribution < -0.4 is 0 Å². The molecule has 1 heterocycles. The monoisotopic (exact) mass is 358 g/mol. The van der Waals surface area contributed by atoms with Gasteiger partial charge in [-0.15, -0.1) is 0 Å². The summed E-state index contributed by atoms with van der Waals surface area (Å²) in [6, 6.07) is 5.85. The van der Waals surface area contributed by atoms with Crippen LogP contribution in [-0.2, 0) is 4.79 Å². The molecule has 1 aromatic carbocycles. The van der Waals surface area contributed by atoms with Crippen LogP contribution in [0.3, 0.4) is 0 Å². The zero-order valence-electron chi connectivity index (χ0n) is 10.2. The summed E-state index contributed by atoms with van der Waals surface area (Å²) in [4.78, 5) is 26.5. The molecule has 96 valence electrons. The van der Waals surface area contributed by atoms with Crippen LogP contribution in [0.5, 0.6) is 0 Å². The summed E-state index contributed by atoms with van der Waals surface area (Å²) in [6.07, 6.45) is 0.845. The second kappa shape index (κ2) is 5.69. The van der Waals surface area contributed by atoms with E-state index in [1.54, 1.807) is 4.90 Å². The molecule has 0 radical (unpaired) electrons. The molecule has 5 heteroatoms. The number of benzene rings is 1. The van der Waals surface area contributed by atoms with Crippen LogP contribution in [-0.4, -0.2) is 48.3 Å². The Kier molecular flexibility index (Phi) is 4.21. The third-order valence-electron chi connectivity index (χ3n) is 3.11. The topological polar surface area (TPSA) is 40.6 Å². The van der Waals surface area contributed by atoms with Crippen LogP contribution in [0, 0.1) is 10.5 Å². The van der Waals surface area contributed by atoms with E-state index in [0.29, 0.717) is 26.2 Å². The van der Waals surface area contributed by atoms with Gasteiger partial charge in [0, 0.05) is 29.7 Å². The highest BCUT2D eigenvalue weighted by molar-refractivity contribution is 14.1. The molecule has 1 aromatic rings. The minimum absolute atomic E-state index is 0.0601. The van der Waals surface area contributed by atoms with Crippen molar-refractivity contribution in [3.63, 3.8) is 0 Å². The van der Waals surface area contributed by atoms with E-state index in [1.165, 1.54) is 0 Å². The fourth-order valence-corrected chi connectivity index (χ4v) is 2.90. The third kappa shape index (κ3) is 2.82. The van der Waals surface area contributed by atoms with Crippen LogP contribution in [0.4, 0.5) is 0 Å². The molecule has 1 aliphatic rings. The van der Waals surface area contributed by atoms with Crippen LogP contribution in [0.1, 0.15) is 15.9 Å². The highest BCUT2D eigenvalue weighted by Crippen LogP contribution is 2.17. The first-order valence-electron chi connectivity index (χ1n) is 5.86. The highest BCUT2D eigenvalue weighted by atomic mass is 127. The van der Waals surface area contributed by atoms with Crippen molar-refractivity contribution in [1.82, 2.24) is 9.80 Å². The van der Waals surface area contributed by atoms with Gasteiger partial charge in [0.15, 0.2) is 0 Å². The number of amides is 2. The maximum Gasteiger partial charge on any atom is 0.255 e. The number of piperazine rings is 1. The molecule has 18 heavy (non-hydrogen) atoms. The smallest absolute Gasteiger partial charge is 0.255 e. The van der Waals surface area contributed by atoms with Gasteiger partial charge in [-0.1, -0.05) is 11.6 Å². The molecule has 4 nitrogen and oxygen atoms in total. The van der Waals surface area contributed by atoms with Crippen molar-refractivity contribution >= 4 is 34.9 Å². The van der Waals surface area contributed by atoms with Crippen molar-refractivity contribution in [2.75, 3.05) is 26.2 Å². The Balaban J connectivity index is 2.10. The number of carbonyl (C=O) groups excluding carboxylic acids is 2. The first-order valence-corrected chi connectivity index (χ1v) is 6.94. The summed E-state index contributed by atoms with van der Waals surface area (Å²) in [7, 11) is 0. The molecule has 0 bridgehead atoms. The quantitative estimate of drug-likeness (QED) is 0.594. The Morgan fingerprint density at radius 1 is 1.28 bits per heavy atom. The molecule has 0 unspecified atom stereocenters. The molecular weight excluding hydrogens is 343 g/mol. The van der Waals surface area contributed by atoms with E-state index in [1.807, 2.05) is 30.0 Å². The number of hydrogen-bond donors (Lipinski definition) is 0. The number of nitrogens with zero attached hydrogens (tertiary/aromatic N) is 2. The molecule has 1 aliphatic heterocycles. The minimum Gasteiger partial charge on any atom is -0.342 e. The normalized spacial score (nSPS) is 15.7. The lowest BCUT2D eigenvalue weighted by Crippen LogP contribution is -2.48. The van der Waals surface area contributed by atoms with E-state index in [0.717, 1.165) is 21.1 Å². The van der Waals surface area contributed by atoms with Crippen LogP contribution in [0.25, 0.3) is 0 Å². The van der Waals surface area contributed by atoms with E-state index < -0.39 is 0 Å². The van der Waals surface area contributed by atoms with Gasteiger partial charge in [-0.25, -0.2) is 0 Å². The van der Waals surface area contributed by atoms with Crippen molar-refractivity contribution in [2.45, 2.75) is 6.92 Å². The molecule has 2 amide bonds. The SMILES string of the molecule is Cc1ccc(C(=O)N2CCN(C=O)CC2)c(I)c1. The Labute approximate surface area is 120 Å². The van der Waals surface area contributed by atoms with Crippen molar-refractivity contribution < 1.29 is 9.59 Å². The average Bonchev–Trinajstić information content (AvgIpc) is 2.38. The molecule has 1 fully saturated rings. The highest BCUT2D eigenvalue weighted by Gasteiger charge is 2.22. The van der Waals surface area contributed by atoms with E-state index in [4.69, 9.17) is 0 Å². The van der Waals surface area contributed by atoms with E-state index in [-0.39, 0.29) is 5.91 Å². The summed E-state index contributed by atoms with van der Waals surface area (Å²) < 4.78 is 0.982. The van der Waals surface area contributed by atoms with Gasteiger partial charge in [-0.3, -0.25) is 9.59 Å². The second-order valence-corrected chi connectivity index (χ2v) is 5.58. The van der Waals surface area contributed by atoms with Gasteiger partial charge in [-0.2, -0.15) is 0 Å². The lowest BCUT2D eigenvalue weighted by molar-refractivity contribution is -0.119. The molecule has 0 aliphatic carbocycles. The second-order valence-electron chi connectivity index (χ2n) is 4.42. The fraction of sp³-hybridized carbons (Fsp3) is 0.385. The van der Waals surface area contributed by atoms with Gasteiger partial charge >= 0.3 is 0 Å². The molecule has 0 N–H and O–H groups in total. The standard InChI is InChI=1S/C13H15IN2O2/c1-10-2-3-11(12(14)8-10)13(18)16-6-4-15(9-17)5-7-16/h2-3,8-9H,4-7H2,1H3. The Morgan fingerprint density at radius 2 is 1.94 bits per heavy atom. The predicted octanol–water partition coefficient (Wildman–Crippen LogP) is 1.51. The Hall–Kier alpha value is -1.11. The fourth-order valence-electron chi connectivity index (χ4n) is 1.99. The van der Waals surface area contributed by atoms with Crippen molar-refractivity contribution in [1.29, 1.82) is 0 Å². The van der Waals surface area contributed by atoms with Crippen LogP contribution >= 0.6 is 22.6 Å². The zero-order valence-corrected chi connectivity index (χ0v) is 12.4. The molecule has 0 atom stereocenters. The molecule has 0 aromatic heterocycles. The van der Waals surface area contributed by atoms with Gasteiger partial charge in [0.1, 0.15) is 0 Å². The average molecular weight is 358 g/mol. The summed E-state index contributed by atoms with van der Waals surface area (Å²) in [5, 5.41) is 0. The van der Waals surface area contributed by atoms with Crippen molar-refractivity contribution in [2.24, 2.45) is 0 Å². The zero-order chi connectivity index (χ0) is 13.1. The maximum atomic E-state index is 12.3. The van der Waals surface area contributed by atoms with Crippen LogP contribution in [0.15, 0.2) is 18.2 Å². The molecule has 2 rings (SSSR count). The van der Waals surface area contributed by atoms with Gasteiger partial charge in [0.25, 0.3) is 5.91 Å². The lowest BCUT2D eigenvalue weighted by atomic mass is 10.1. The Bertz CT molecular complexity index is 468. The van der Waals surface area contributed by atoms with E-state index in [2.05, 4.69) is 22.6 Å². The summed E-state index contributed by atoms with van der Waals surface area (Å²) in [5.41, 5.74) is 1.91. The molecular formula is C13H15IN2O2. The minimum atomic E-state index is 0.0601. The summed E-state index contributed by atoms with van der Waals surface area (Å²) >= 11 is 2.19. The number of aryl methyl sites for hydroxylation is 1. The van der Waals surface area contributed by atoms with E-state index >= 15 is 0 Å². The molecule has 1 saturated heterocycles. The first-order chi connectivity index (χ1) is 8.61.